The Morgan fingerprint density at radius 2 is 2.08 bits per heavy atom. The van der Waals surface area contributed by atoms with Gasteiger partial charge < -0.3 is 4.74 Å². The van der Waals surface area contributed by atoms with E-state index in [1.165, 1.54) is 6.42 Å². The molecule has 0 aromatic rings. The molecule has 0 aliphatic heterocycles. The molecule has 1 atom stereocenters. The topological polar surface area (TPSA) is 26.3 Å². The van der Waals surface area contributed by atoms with E-state index in [2.05, 4.69) is 13.8 Å². The van der Waals surface area contributed by atoms with E-state index in [9.17, 15) is 4.79 Å². The first kappa shape index (κ1) is 10.7. The summed E-state index contributed by atoms with van der Waals surface area (Å²) in [5.74, 6) is 1.06. The van der Waals surface area contributed by atoms with Gasteiger partial charge in [0.25, 0.3) is 0 Å². The van der Waals surface area contributed by atoms with Crippen molar-refractivity contribution < 1.29 is 9.53 Å². The molecule has 0 bridgehead atoms. The maximum absolute atomic E-state index is 10.9. The highest BCUT2D eigenvalue weighted by molar-refractivity contribution is 5.79. The van der Waals surface area contributed by atoms with Crippen molar-refractivity contribution in [1.29, 1.82) is 0 Å². The second-order valence-corrected chi connectivity index (χ2v) is 4.08. The van der Waals surface area contributed by atoms with Crippen molar-refractivity contribution in [2.24, 2.45) is 5.92 Å². The molecule has 1 aliphatic carbocycles. The zero-order valence-electron chi connectivity index (χ0n) is 8.71. The fourth-order valence-electron chi connectivity index (χ4n) is 1.50. The Kier molecular flexibility index (Phi) is 4.43. The van der Waals surface area contributed by atoms with Crippen LogP contribution in [0.3, 0.4) is 0 Å². The third-order valence-electron chi connectivity index (χ3n) is 2.80. The predicted molar refractivity (Wildman–Crippen MR) is 52.7 cm³/mol. The van der Waals surface area contributed by atoms with E-state index in [4.69, 9.17) is 4.74 Å². The van der Waals surface area contributed by atoms with Crippen LogP contribution >= 0.6 is 0 Å². The van der Waals surface area contributed by atoms with E-state index in [0.717, 1.165) is 32.3 Å². The van der Waals surface area contributed by atoms with Crippen LogP contribution in [0.4, 0.5) is 0 Å². The van der Waals surface area contributed by atoms with E-state index in [-0.39, 0.29) is 0 Å². The van der Waals surface area contributed by atoms with Crippen molar-refractivity contribution in [1.82, 2.24) is 0 Å². The molecule has 0 spiro atoms. The molecular weight excluding hydrogens is 164 g/mol. The first-order valence-electron chi connectivity index (χ1n) is 5.35. The van der Waals surface area contributed by atoms with Crippen LogP contribution in [0.15, 0.2) is 0 Å². The van der Waals surface area contributed by atoms with Gasteiger partial charge in [-0.2, -0.15) is 0 Å². The second kappa shape index (κ2) is 5.38. The smallest absolute Gasteiger partial charge is 0.133 e. The van der Waals surface area contributed by atoms with Gasteiger partial charge in [0.05, 0.1) is 6.10 Å². The number of hydrogen-bond donors (Lipinski definition) is 0. The van der Waals surface area contributed by atoms with Crippen LogP contribution in [0.2, 0.25) is 0 Å². The summed E-state index contributed by atoms with van der Waals surface area (Å²) in [5.41, 5.74) is 0. The van der Waals surface area contributed by atoms with Crippen LogP contribution < -0.4 is 0 Å². The quantitative estimate of drug-likeness (QED) is 0.671. The standard InChI is InChI=1S/C11H20O2/c1-3-9(2)8-13-11-6-4-10(12)5-7-11/h9,11H,3-8H2,1-2H3. The lowest BCUT2D eigenvalue weighted by molar-refractivity contribution is -0.123. The van der Waals surface area contributed by atoms with Crippen molar-refractivity contribution in [3.05, 3.63) is 0 Å². The second-order valence-electron chi connectivity index (χ2n) is 4.08. The minimum absolute atomic E-state index is 0.353. The maximum atomic E-state index is 10.9. The molecule has 1 rings (SSSR count). The molecule has 0 heterocycles. The fourth-order valence-corrected chi connectivity index (χ4v) is 1.50. The average Bonchev–Trinajstić information content (AvgIpc) is 2.16. The Balaban J connectivity index is 2.12. The molecule has 1 fully saturated rings. The number of ether oxygens (including phenoxy) is 1. The Morgan fingerprint density at radius 1 is 1.46 bits per heavy atom. The van der Waals surface area contributed by atoms with E-state index in [0.29, 0.717) is 17.8 Å². The first-order chi connectivity index (χ1) is 6.22. The molecule has 2 heteroatoms. The summed E-state index contributed by atoms with van der Waals surface area (Å²) in [6.07, 6.45) is 4.86. The lowest BCUT2D eigenvalue weighted by Crippen LogP contribution is -2.23. The molecule has 76 valence electrons. The third-order valence-corrected chi connectivity index (χ3v) is 2.80. The fraction of sp³-hybridized carbons (Fsp3) is 0.909. The van der Waals surface area contributed by atoms with Crippen LogP contribution in [0, 0.1) is 5.92 Å². The number of carbonyl (C=O) groups excluding carboxylic acids is 1. The molecule has 1 saturated carbocycles. The molecule has 2 nitrogen and oxygen atoms in total. The summed E-state index contributed by atoms with van der Waals surface area (Å²) >= 11 is 0. The molecule has 1 unspecified atom stereocenters. The van der Waals surface area contributed by atoms with E-state index in [1.54, 1.807) is 0 Å². The Bertz CT molecular complexity index is 155. The highest BCUT2D eigenvalue weighted by Crippen LogP contribution is 2.18. The molecule has 0 aromatic carbocycles. The molecule has 0 radical (unpaired) electrons. The van der Waals surface area contributed by atoms with Crippen LogP contribution in [0.1, 0.15) is 46.0 Å². The van der Waals surface area contributed by atoms with E-state index in [1.807, 2.05) is 0 Å². The number of hydrogen-bond acceptors (Lipinski definition) is 2. The van der Waals surface area contributed by atoms with Crippen LogP contribution in [0.25, 0.3) is 0 Å². The number of Topliss-reactive ketones (excluding diaryl/α,β-unsaturated/α-hetero) is 1. The Labute approximate surface area is 80.7 Å². The van der Waals surface area contributed by atoms with Gasteiger partial charge >= 0.3 is 0 Å². The van der Waals surface area contributed by atoms with Gasteiger partial charge in [-0.1, -0.05) is 20.3 Å². The number of ketones is 1. The number of rotatable bonds is 4. The third kappa shape index (κ3) is 3.90. The van der Waals surface area contributed by atoms with Crippen molar-refractivity contribution >= 4 is 5.78 Å². The van der Waals surface area contributed by atoms with Crippen LogP contribution in [0.5, 0.6) is 0 Å². The lowest BCUT2D eigenvalue weighted by atomic mass is 9.96. The molecule has 0 amide bonds. The predicted octanol–water partition coefficient (Wildman–Crippen LogP) is 2.56. The summed E-state index contributed by atoms with van der Waals surface area (Å²) in [5, 5.41) is 0. The molecule has 0 aromatic heterocycles. The highest BCUT2D eigenvalue weighted by Gasteiger charge is 2.19. The molecule has 0 saturated heterocycles. The van der Waals surface area contributed by atoms with Gasteiger partial charge in [0.15, 0.2) is 0 Å². The zero-order chi connectivity index (χ0) is 9.68. The summed E-state index contributed by atoms with van der Waals surface area (Å²) < 4.78 is 5.73. The summed E-state index contributed by atoms with van der Waals surface area (Å²) in [6.45, 7) is 5.24. The van der Waals surface area contributed by atoms with Crippen molar-refractivity contribution in [2.75, 3.05) is 6.61 Å². The van der Waals surface area contributed by atoms with Crippen molar-refractivity contribution in [3.63, 3.8) is 0 Å². The monoisotopic (exact) mass is 184 g/mol. The van der Waals surface area contributed by atoms with E-state index < -0.39 is 0 Å². The average molecular weight is 184 g/mol. The van der Waals surface area contributed by atoms with Gasteiger partial charge in [-0.25, -0.2) is 0 Å². The molecule has 1 aliphatic rings. The van der Waals surface area contributed by atoms with Gasteiger partial charge in [0, 0.05) is 19.4 Å². The summed E-state index contributed by atoms with van der Waals surface area (Å²) in [4.78, 5) is 10.9. The lowest BCUT2D eigenvalue weighted by Gasteiger charge is -2.22. The van der Waals surface area contributed by atoms with E-state index >= 15 is 0 Å². The minimum atomic E-state index is 0.353. The summed E-state index contributed by atoms with van der Waals surface area (Å²) in [7, 11) is 0. The molecular formula is C11H20O2. The zero-order valence-corrected chi connectivity index (χ0v) is 8.71. The highest BCUT2D eigenvalue weighted by atomic mass is 16.5. The van der Waals surface area contributed by atoms with Crippen molar-refractivity contribution in [3.8, 4) is 0 Å². The largest absolute Gasteiger partial charge is 0.378 e. The minimum Gasteiger partial charge on any atom is -0.378 e. The first-order valence-corrected chi connectivity index (χ1v) is 5.35. The normalized spacial score (nSPS) is 21.8. The van der Waals surface area contributed by atoms with Gasteiger partial charge in [-0.3, -0.25) is 4.79 Å². The van der Waals surface area contributed by atoms with Gasteiger partial charge in [0.1, 0.15) is 5.78 Å². The van der Waals surface area contributed by atoms with Gasteiger partial charge in [-0.15, -0.1) is 0 Å². The number of carbonyl (C=O) groups is 1. The summed E-state index contributed by atoms with van der Waals surface area (Å²) in [6, 6.07) is 0. The van der Waals surface area contributed by atoms with Crippen molar-refractivity contribution in [2.45, 2.75) is 52.1 Å². The SMILES string of the molecule is CCC(C)COC1CCC(=O)CC1. The maximum Gasteiger partial charge on any atom is 0.133 e. The Hall–Kier alpha value is -0.370. The molecule has 0 N–H and O–H groups in total. The van der Waals surface area contributed by atoms with Gasteiger partial charge in [0.2, 0.25) is 0 Å². The van der Waals surface area contributed by atoms with Crippen LogP contribution in [-0.2, 0) is 9.53 Å². The molecule has 13 heavy (non-hydrogen) atoms. The Morgan fingerprint density at radius 3 is 2.62 bits per heavy atom. The van der Waals surface area contributed by atoms with Crippen LogP contribution in [-0.4, -0.2) is 18.5 Å². The van der Waals surface area contributed by atoms with Gasteiger partial charge in [-0.05, 0) is 18.8 Å².